The fourth-order valence-electron chi connectivity index (χ4n) is 2.96. The largest absolute Gasteiger partial charge is 0.480 e. The summed E-state index contributed by atoms with van der Waals surface area (Å²) in [5.41, 5.74) is -0.651. The summed E-state index contributed by atoms with van der Waals surface area (Å²) in [5.74, 6) is -1.25. The minimum absolute atomic E-state index is 0.238. The number of nitrogens with zero attached hydrogens (tertiary/aromatic N) is 1. The van der Waals surface area contributed by atoms with Gasteiger partial charge in [-0.1, -0.05) is 0 Å². The van der Waals surface area contributed by atoms with E-state index in [1.807, 2.05) is 6.26 Å². The minimum atomic E-state index is -1.04. The zero-order valence-corrected chi connectivity index (χ0v) is 18.6. The molecule has 0 aromatic carbocycles. The van der Waals surface area contributed by atoms with E-state index in [0.717, 1.165) is 0 Å². The summed E-state index contributed by atoms with van der Waals surface area (Å²) < 4.78 is 5.16. The first kappa shape index (κ1) is 25.1. The molecule has 29 heavy (non-hydrogen) atoms. The van der Waals surface area contributed by atoms with Crippen molar-refractivity contribution in [1.82, 2.24) is 15.5 Å². The summed E-state index contributed by atoms with van der Waals surface area (Å²) in [5, 5.41) is 14.4. The number of carbonyl (C=O) groups excluding carboxylic acids is 3. The van der Waals surface area contributed by atoms with Crippen LogP contribution in [0.3, 0.4) is 0 Å². The Bertz CT molecular complexity index is 599. The topological polar surface area (TPSA) is 125 Å². The third-order valence-corrected chi connectivity index (χ3v) is 5.15. The third kappa shape index (κ3) is 8.93. The molecule has 0 aromatic rings. The Balaban J connectivity index is 2.49. The third-order valence-electron chi connectivity index (χ3n) is 4.51. The van der Waals surface area contributed by atoms with Crippen molar-refractivity contribution in [1.29, 1.82) is 0 Å². The summed E-state index contributed by atoms with van der Waals surface area (Å²) in [6.07, 6.45) is 2.49. The number of likely N-dealkylation sites (tertiary alicyclic amines) is 1. The number of amides is 3. The van der Waals surface area contributed by atoms with E-state index in [1.54, 1.807) is 32.6 Å². The molecule has 3 N–H and O–H groups in total. The Morgan fingerprint density at radius 2 is 1.76 bits per heavy atom. The Labute approximate surface area is 176 Å². The molecule has 2 atom stereocenters. The highest BCUT2D eigenvalue weighted by Crippen LogP contribution is 2.19. The van der Waals surface area contributed by atoms with Crippen molar-refractivity contribution in [3.05, 3.63) is 0 Å². The molecule has 0 spiro atoms. The molecule has 3 amide bonds. The summed E-state index contributed by atoms with van der Waals surface area (Å²) in [7, 11) is 0. The van der Waals surface area contributed by atoms with Gasteiger partial charge in [-0.25, -0.2) is 9.59 Å². The smallest absolute Gasteiger partial charge is 0.408 e. The highest BCUT2D eigenvalue weighted by Gasteiger charge is 2.32. The standard InChI is InChI=1S/C19H33N3O6S/c1-12(20-18(27)28-19(2,3)4)16(24)22-9-6-13(7-10-22)15(23)21-14(17(25)26)8-11-29-5/h12-14H,6-11H2,1-5H3,(H,20,27)(H,21,23)(H,25,26)/t12-,14-/m0/s1. The summed E-state index contributed by atoms with van der Waals surface area (Å²) in [4.78, 5) is 49.7. The van der Waals surface area contributed by atoms with Crippen LogP contribution in [0.4, 0.5) is 4.79 Å². The maximum atomic E-state index is 12.5. The van der Waals surface area contributed by atoms with E-state index in [1.165, 1.54) is 11.8 Å². The average molecular weight is 432 g/mol. The van der Waals surface area contributed by atoms with Crippen LogP contribution >= 0.6 is 11.8 Å². The molecular formula is C19H33N3O6S. The van der Waals surface area contributed by atoms with E-state index in [2.05, 4.69) is 10.6 Å². The lowest BCUT2D eigenvalue weighted by Crippen LogP contribution is -2.52. The fourth-order valence-corrected chi connectivity index (χ4v) is 3.44. The minimum Gasteiger partial charge on any atom is -0.480 e. The second-order valence-electron chi connectivity index (χ2n) is 8.15. The van der Waals surface area contributed by atoms with Crippen LogP contribution in [0, 0.1) is 5.92 Å². The van der Waals surface area contributed by atoms with Crippen LogP contribution in [0.25, 0.3) is 0 Å². The van der Waals surface area contributed by atoms with Crippen molar-refractivity contribution in [2.75, 3.05) is 25.1 Å². The van der Waals surface area contributed by atoms with Crippen LogP contribution in [0.1, 0.15) is 47.0 Å². The number of carbonyl (C=O) groups is 4. The number of thioether (sulfide) groups is 1. The highest BCUT2D eigenvalue weighted by atomic mass is 32.2. The number of nitrogens with one attached hydrogen (secondary N) is 2. The van der Waals surface area contributed by atoms with E-state index in [9.17, 15) is 24.3 Å². The van der Waals surface area contributed by atoms with Gasteiger partial charge in [0.25, 0.3) is 0 Å². The van der Waals surface area contributed by atoms with Gasteiger partial charge in [0.05, 0.1) is 0 Å². The predicted molar refractivity (Wildman–Crippen MR) is 111 cm³/mol. The van der Waals surface area contributed by atoms with Gasteiger partial charge in [-0.2, -0.15) is 11.8 Å². The molecule has 1 rings (SSSR count). The molecule has 9 nitrogen and oxygen atoms in total. The quantitative estimate of drug-likeness (QED) is 0.531. The van der Waals surface area contributed by atoms with Gasteiger partial charge in [0, 0.05) is 19.0 Å². The van der Waals surface area contributed by atoms with E-state index in [0.29, 0.717) is 38.1 Å². The van der Waals surface area contributed by atoms with Crippen LogP contribution in [0.2, 0.25) is 0 Å². The van der Waals surface area contributed by atoms with Gasteiger partial charge in [-0.15, -0.1) is 0 Å². The van der Waals surface area contributed by atoms with Crippen LogP contribution in [-0.4, -0.2) is 76.7 Å². The maximum absolute atomic E-state index is 12.5. The van der Waals surface area contributed by atoms with Gasteiger partial charge < -0.3 is 25.4 Å². The second kappa shape index (κ2) is 11.3. The zero-order chi connectivity index (χ0) is 22.2. The Morgan fingerprint density at radius 1 is 1.17 bits per heavy atom. The lowest BCUT2D eigenvalue weighted by atomic mass is 9.95. The van der Waals surface area contributed by atoms with Gasteiger partial charge in [-0.3, -0.25) is 9.59 Å². The van der Waals surface area contributed by atoms with Gasteiger partial charge in [0.1, 0.15) is 17.7 Å². The molecule has 1 heterocycles. The van der Waals surface area contributed by atoms with E-state index < -0.39 is 29.7 Å². The van der Waals surface area contributed by atoms with Crippen LogP contribution in [0.15, 0.2) is 0 Å². The van der Waals surface area contributed by atoms with E-state index in [-0.39, 0.29) is 17.7 Å². The molecule has 0 saturated carbocycles. The first-order valence-electron chi connectivity index (χ1n) is 9.75. The van der Waals surface area contributed by atoms with Crippen LogP contribution < -0.4 is 10.6 Å². The van der Waals surface area contributed by atoms with Crippen molar-refractivity contribution >= 4 is 35.6 Å². The van der Waals surface area contributed by atoms with Crippen LogP contribution in [0.5, 0.6) is 0 Å². The maximum Gasteiger partial charge on any atom is 0.408 e. The number of ether oxygens (including phenoxy) is 1. The van der Waals surface area contributed by atoms with E-state index >= 15 is 0 Å². The lowest BCUT2D eigenvalue weighted by molar-refractivity contribution is -0.143. The number of hydrogen-bond acceptors (Lipinski definition) is 6. The van der Waals surface area contributed by atoms with Crippen molar-refractivity contribution in [2.24, 2.45) is 5.92 Å². The van der Waals surface area contributed by atoms with Crippen molar-refractivity contribution < 1.29 is 29.0 Å². The highest BCUT2D eigenvalue weighted by molar-refractivity contribution is 7.98. The normalized spacial score (nSPS) is 17.2. The predicted octanol–water partition coefficient (Wildman–Crippen LogP) is 1.46. The Morgan fingerprint density at radius 3 is 2.24 bits per heavy atom. The number of carboxylic acids is 1. The summed E-state index contributed by atoms with van der Waals surface area (Å²) >= 11 is 1.53. The Kier molecular flexibility index (Phi) is 9.75. The van der Waals surface area contributed by atoms with Gasteiger partial charge >= 0.3 is 12.1 Å². The monoisotopic (exact) mass is 431 g/mol. The number of piperidine rings is 1. The molecule has 166 valence electrons. The number of rotatable bonds is 8. The second-order valence-corrected chi connectivity index (χ2v) is 9.13. The average Bonchev–Trinajstić information content (AvgIpc) is 2.62. The summed E-state index contributed by atoms with van der Waals surface area (Å²) in [6.45, 7) is 7.56. The molecule has 1 aliphatic heterocycles. The van der Waals surface area contributed by atoms with Gasteiger partial charge in [-0.05, 0) is 59.0 Å². The molecule has 1 saturated heterocycles. The van der Waals surface area contributed by atoms with E-state index in [4.69, 9.17) is 4.74 Å². The molecule has 0 aliphatic carbocycles. The molecule has 0 radical (unpaired) electrons. The lowest BCUT2D eigenvalue weighted by Gasteiger charge is -2.33. The first-order valence-corrected chi connectivity index (χ1v) is 11.1. The number of hydrogen-bond donors (Lipinski definition) is 3. The number of carboxylic acid groups (broad SMARTS) is 1. The van der Waals surface area contributed by atoms with Crippen molar-refractivity contribution in [2.45, 2.75) is 64.6 Å². The SMILES string of the molecule is CSCC[C@H](NC(=O)C1CCN(C(=O)[C@H](C)NC(=O)OC(C)(C)C)CC1)C(=O)O. The summed E-state index contributed by atoms with van der Waals surface area (Å²) in [6, 6.07) is -1.63. The number of aliphatic carboxylic acids is 1. The van der Waals surface area contributed by atoms with Gasteiger partial charge in [0.15, 0.2) is 0 Å². The van der Waals surface area contributed by atoms with Gasteiger partial charge in [0.2, 0.25) is 11.8 Å². The molecule has 10 heteroatoms. The van der Waals surface area contributed by atoms with Crippen molar-refractivity contribution in [3.63, 3.8) is 0 Å². The fraction of sp³-hybridized carbons (Fsp3) is 0.789. The molecule has 0 unspecified atom stereocenters. The number of alkyl carbamates (subject to hydrolysis) is 1. The zero-order valence-electron chi connectivity index (χ0n) is 17.8. The molecule has 1 fully saturated rings. The first-order chi connectivity index (χ1) is 13.4. The van der Waals surface area contributed by atoms with Crippen molar-refractivity contribution in [3.8, 4) is 0 Å². The molecular weight excluding hydrogens is 398 g/mol. The Hall–Kier alpha value is -1.97. The molecule has 0 bridgehead atoms. The molecule has 0 aromatic heterocycles. The molecule has 1 aliphatic rings. The van der Waals surface area contributed by atoms with Crippen LogP contribution in [-0.2, 0) is 19.1 Å².